The SMILES string of the molecule is Cc1cc(C)cc(C(c2ccncc2)N2CCC(C(=O)O)CC2)c1. The number of hydrogen-bond donors (Lipinski definition) is 1. The highest BCUT2D eigenvalue weighted by Gasteiger charge is 2.30. The number of carboxylic acids is 1. The van der Waals surface area contributed by atoms with E-state index < -0.39 is 5.97 Å². The van der Waals surface area contributed by atoms with Gasteiger partial charge >= 0.3 is 5.97 Å². The summed E-state index contributed by atoms with van der Waals surface area (Å²) in [5.74, 6) is -0.875. The molecule has 2 aromatic rings. The molecule has 1 aliphatic heterocycles. The lowest BCUT2D eigenvalue weighted by Crippen LogP contribution is -2.39. The van der Waals surface area contributed by atoms with Gasteiger partial charge in [-0.25, -0.2) is 0 Å². The van der Waals surface area contributed by atoms with Gasteiger partial charge in [0.2, 0.25) is 0 Å². The molecule has 1 unspecified atom stereocenters. The van der Waals surface area contributed by atoms with E-state index in [-0.39, 0.29) is 12.0 Å². The number of aryl methyl sites for hydroxylation is 2. The van der Waals surface area contributed by atoms with Crippen molar-refractivity contribution in [1.29, 1.82) is 0 Å². The third-order valence-electron chi connectivity index (χ3n) is 4.83. The first kappa shape index (κ1) is 16.7. The molecule has 1 aliphatic rings. The van der Waals surface area contributed by atoms with Crippen LogP contribution in [-0.4, -0.2) is 34.0 Å². The van der Waals surface area contributed by atoms with Crippen LogP contribution in [-0.2, 0) is 4.79 Å². The van der Waals surface area contributed by atoms with Crippen molar-refractivity contribution in [3.63, 3.8) is 0 Å². The van der Waals surface area contributed by atoms with Gasteiger partial charge < -0.3 is 5.11 Å². The minimum atomic E-state index is -0.665. The highest BCUT2D eigenvalue weighted by atomic mass is 16.4. The quantitative estimate of drug-likeness (QED) is 0.934. The van der Waals surface area contributed by atoms with Gasteiger partial charge in [0.25, 0.3) is 0 Å². The van der Waals surface area contributed by atoms with Gasteiger partial charge in [0.05, 0.1) is 12.0 Å². The van der Waals surface area contributed by atoms with Crippen LogP contribution in [0.2, 0.25) is 0 Å². The van der Waals surface area contributed by atoms with Gasteiger partial charge in [-0.05, 0) is 63.0 Å². The van der Waals surface area contributed by atoms with E-state index in [2.05, 4.69) is 54.1 Å². The lowest BCUT2D eigenvalue weighted by Gasteiger charge is -2.37. The fraction of sp³-hybridized carbons (Fsp3) is 0.400. The first-order valence-electron chi connectivity index (χ1n) is 8.49. The summed E-state index contributed by atoms with van der Waals surface area (Å²) >= 11 is 0. The summed E-state index contributed by atoms with van der Waals surface area (Å²) in [5, 5.41) is 9.24. The number of carbonyl (C=O) groups is 1. The van der Waals surface area contributed by atoms with E-state index in [1.54, 1.807) is 0 Å². The lowest BCUT2D eigenvalue weighted by atomic mass is 9.90. The number of nitrogens with zero attached hydrogens (tertiary/aromatic N) is 2. The molecule has 4 heteroatoms. The Morgan fingerprint density at radius 3 is 2.21 bits per heavy atom. The second kappa shape index (κ2) is 7.14. The zero-order valence-corrected chi connectivity index (χ0v) is 14.3. The van der Waals surface area contributed by atoms with Crippen LogP contribution in [0.4, 0.5) is 0 Å². The summed E-state index contributed by atoms with van der Waals surface area (Å²) in [5.41, 5.74) is 4.99. The van der Waals surface area contributed by atoms with Crippen molar-refractivity contribution in [3.8, 4) is 0 Å². The van der Waals surface area contributed by atoms with E-state index in [1.165, 1.54) is 22.3 Å². The summed E-state index contributed by atoms with van der Waals surface area (Å²) in [6, 6.07) is 10.9. The Kier molecular flexibility index (Phi) is 4.95. The molecule has 126 valence electrons. The smallest absolute Gasteiger partial charge is 0.306 e. The summed E-state index contributed by atoms with van der Waals surface area (Å²) in [7, 11) is 0. The van der Waals surface area contributed by atoms with Gasteiger partial charge in [0, 0.05) is 12.4 Å². The number of hydrogen-bond acceptors (Lipinski definition) is 3. The molecule has 1 aromatic heterocycles. The van der Waals surface area contributed by atoms with Crippen LogP contribution in [0.3, 0.4) is 0 Å². The van der Waals surface area contributed by atoms with Gasteiger partial charge in [0.1, 0.15) is 0 Å². The maximum Gasteiger partial charge on any atom is 0.306 e. The standard InChI is InChI=1S/C20H24N2O2/c1-14-11-15(2)13-18(12-14)19(16-3-7-21-8-4-16)22-9-5-17(6-10-22)20(23)24/h3-4,7-8,11-13,17,19H,5-6,9-10H2,1-2H3,(H,23,24). The van der Waals surface area contributed by atoms with E-state index in [1.807, 2.05) is 12.4 Å². The van der Waals surface area contributed by atoms with Crippen LogP contribution >= 0.6 is 0 Å². The average molecular weight is 324 g/mol. The maximum atomic E-state index is 11.2. The Morgan fingerprint density at radius 2 is 1.67 bits per heavy atom. The molecule has 24 heavy (non-hydrogen) atoms. The number of likely N-dealkylation sites (tertiary alicyclic amines) is 1. The van der Waals surface area contributed by atoms with E-state index >= 15 is 0 Å². The fourth-order valence-corrected chi connectivity index (χ4v) is 3.73. The van der Waals surface area contributed by atoms with Crippen LogP contribution in [0.1, 0.15) is 41.1 Å². The molecule has 0 radical (unpaired) electrons. The van der Waals surface area contributed by atoms with Gasteiger partial charge in [-0.3, -0.25) is 14.7 Å². The van der Waals surface area contributed by atoms with Crippen molar-refractivity contribution < 1.29 is 9.90 Å². The topological polar surface area (TPSA) is 53.4 Å². The number of aliphatic carboxylic acids is 1. The van der Waals surface area contributed by atoms with Gasteiger partial charge in [-0.15, -0.1) is 0 Å². The molecule has 1 fully saturated rings. The van der Waals surface area contributed by atoms with Crippen molar-refractivity contribution in [3.05, 3.63) is 65.0 Å². The number of rotatable bonds is 4. The van der Waals surface area contributed by atoms with Crippen LogP contribution in [0, 0.1) is 19.8 Å². The van der Waals surface area contributed by atoms with Crippen LogP contribution < -0.4 is 0 Å². The molecule has 4 nitrogen and oxygen atoms in total. The molecule has 3 rings (SSSR count). The number of aromatic nitrogens is 1. The Labute approximate surface area is 143 Å². The number of carboxylic acid groups (broad SMARTS) is 1. The summed E-state index contributed by atoms with van der Waals surface area (Å²) in [4.78, 5) is 17.8. The molecule has 0 aliphatic carbocycles. The number of pyridine rings is 1. The predicted molar refractivity (Wildman–Crippen MR) is 93.9 cm³/mol. The third-order valence-corrected chi connectivity index (χ3v) is 4.83. The second-order valence-corrected chi connectivity index (χ2v) is 6.75. The first-order chi connectivity index (χ1) is 11.5. The van der Waals surface area contributed by atoms with Gasteiger partial charge in [-0.1, -0.05) is 29.3 Å². The Hall–Kier alpha value is -2.20. The number of piperidine rings is 1. The molecular formula is C20H24N2O2. The van der Waals surface area contributed by atoms with Crippen LogP contribution in [0.25, 0.3) is 0 Å². The highest BCUT2D eigenvalue weighted by Crippen LogP contribution is 2.33. The third kappa shape index (κ3) is 3.65. The summed E-state index contributed by atoms with van der Waals surface area (Å²) < 4.78 is 0. The van der Waals surface area contributed by atoms with E-state index in [9.17, 15) is 9.90 Å². The first-order valence-corrected chi connectivity index (χ1v) is 8.49. The molecule has 2 heterocycles. The second-order valence-electron chi connectivity index (χ2n) is 6.75. The Morgan fingerprint density at radius 1 is 1.08 bits per heavy atom. The molecule has 0 spiro atoms. The largest absolute Gasteiger partial charge is 0.481 e. The van der Waals surface area contributed by atoms with Crippen molar-refractivity contribution in [1.82, 2.24) is 9.88 Å². The average Bonchev–Trinajstić information content (AvgIpc) is 2.56. The van der Waals surface area contributed by atoms with Crippen LogP contribution in [0.15, 0.2) is 42.7 Å². The molecule has 0 bridgehead atoms. The van der Waals surface area contributed by atoms with Crippen molar-refractivity contribution >= 4 is 5.97 Å². The Balaban J connectivity index is 1.93. The molecule has 1 N–H and O–H groups in total. The monoisotopic (exact) mass is 324 g/mol. The van der Waals surface area contributed by atoms with E-state index in [0.717, 1.165) is 13.1 Å². The molecular weight excluding hydrogens is 300 g/mol. The Bertz CT molecular complexity index is 687. The maximum absolute atomic E-state index is 11.2. The van der Waals surface area contributed by atoms with Gasteiger partial charge in [-0.2, -0.15) is 0 Å². The zero-order chi connectivity index (χ0) is 17.1. The van der Waals surface area contributed by atoms with Crippen molar-refractivity contribution in [2.24, 2.45) is 5.92 Å². The predicted octanol–water partition coefficient (Wildman–Crippen LogP) is 3.58. The van der Waals surface area contributed by atoms with Gasteiger partial charge in [0.15, 0.2) is 0 Å². The van der Waals surface area contributed by atoms with Crippen molar-refractivity contribution in [2.75, 3.05) is 13.1 Å². The normalized spacial score (nSPS) is 17.6. The summed E-state index contributed by atoms with van der Waals surface area (Å²) in [6.45, 7) is 5.85. The van der Waals surface area contributed by atoms with Crippen LogP contribution in [0.5, 0.6) is 0 Å². The molecule has 1 atom stereocenters. The molecule has 1 saturated heterocycles. The van der Waals surface area contributed by atoms with E-state index in [0.29, 0.717) is 12.8 Å². The fourth-order valence-electron chi connectivity index (χ4n) is 3.73. The minimum Gasteiger partial charge on any atom is -0.481 e. The molecule has 0 amide bonds. The molecule has 1 aromatic carbocycles. The lowest BCUT2D eigenvalue weighted by molar-refractivity contribution is -0.143. The number of benzene rings is 1. The van der Waals surface area contributed by atoms with E-state index in [4.69, 9.17) is 0 Å². The zero-order valence-electron chi connectivity index (χ0n) is 14.3. The highest BCUT2D eigenvalue weighted by molar-refractivity contribution is 5.70. The molecule has 0 saturated carbocycles. The minimum absolute atomic E-state index is 0.154. The van der Waals surface area contributed by atoms with Crippen molar-refractivity contribution in [2.45, 2.75) is 32.7 Å². The summed E-state index contributed by atoms with van der Waals surface area (Å²) in [6.07, 6.45) is 5.08.